The maximum atomic E-state index is 12.4. The smallest absolute Gasteiger partial charge is 0.253 e. The van der Waals surface area contributed by atoms with Crippen molar-refractivity contribution in [3.63, 3.8) is 0 Å². The number of nitrogens with zero attached hydrogens (tertiary/aromatic N) is 1. The van der Waals surface area contributed by atoms with Crippen LogP contribution in [-0.4, -0.2) is 22.4 Å². The molecule has 0 fully saturated rings. The van der Waals surface area contributed by atoms with Crippen molar-refractivity contribution in [2.75, 3.05) is 6.54 Å². The van der Waals surface area contributed by atoms with Crippen molar-refractivity contribution in [2.45, 2.75) is 12.8 Å². The number of benzene rings is 1. The van der Waals surface area contributed by atoms with Crippen LogP contribution in [0.4, 0.5) is 0 Å². The molecule has 0 saturated heterocycles. The molecular formula is C19H17N3O. The van der Waals surface area contributed by atoms with Crippen molar-refractivity contribution in [3.05, 3.63) is 77.2 Å². The van der Waals surface area contributed by atoms with Crippen LogP contribution in [-0.2, 0) is 12.8 Å². The van der Waals surface area contributed by atoms with Gasteiger partial charge in [0.1, 0.15) is 0 Å². The zero-order valence-electron chi connectivity index (χ0n) is 12.7. The van der Waals surface area contributed by atoms with Crippen molar-refractivity contribution < 1.29 is 4.79 Å². The molecule has 0 saturated carbocycles. The second-order valence-electron chi connectivity index (χ2n) is 5.74. The van der Waals surface area contributed by atoms with Gasteiger partial charge in [0.15, 0.2) is 0 Å². The van der Waals surface area contributed by atoms with Gasteiger partial charge in [0.2, 0.25) is 0 Å². The van der Waals surface area contributed by atoms with Crippen molar-refractivity contribution in [1.82, 2.24) is 15.3 Å². The predicted octanol–water partition coefficient (Wildman–Crippen LogP) is 2.95. The number of fused-ring (bicyclic) bond motifs is 1. The van der Waals surface area contributed by atoms with Gasteiger partial charge < -0.3 is 10.3 Å². The van der Waals surface area contributed by atoms with Gasteiger partial charge >= 0.3 is 0 Å². The van der Waals surface area contributed by atoms with Gasteiger partial charge in [-0.1, -0.05) is 30.3 Å². The molecule has 0 radical (unpaired) electrons. The number of hydrogen-bond donors (Lipinski definition) is 2. The van der Waals surface area contributed by atoms with Crippen molar-refractivity contribution in [1.29, 1.82) is 0 Å². The molecule has 0 bridgehead atoms. The summed E-state index contributed by atoms with van der Waals surface area (Å²) in [7, 11) is 0. The van der Waals surface area contributed by atoms with Crippen LogP contribution >= 0.6 is 0 Å². The first-order valence-electron chi connectivity index (χ1n) is 7.79. The first-order chi connectivity index (χ1) is 11.3. The highest BCUT2D eigenvalue weighted by molar-refractivity contribution is 6.00. The first kappa shape index (κ1) is 13.8. The van der Waals surface area contributed by atoms with Crippen LogP contribution in [0.1, 0.15) is 27.2 Å². The fourth-order valence-electron chi connectivity index (χ4n) is 3.19. The van der Waals surface area contributed by atoms with Crippen LogP contribution in [0.2, 0.25) is 0 Å². The van der Waals surface area contributed by atoms with Crippen LogP contribution in [0.3, 0.4) is 0 Å². The molecule has 4 nitrogen and oxygen atoms in total. The molecule has 0 unspecified atom stereocenters. The molecule has 0 atom stereocenters. The van der Waals surface area contributed by atoms with Gasteiger partial charge in [-0.25, -0.2) is 0 Å². The Labute approximate surface area is 134 Å². The molecule has 2 aromatic heterocycles. The van der Waals surface area contributed by atoms with Crippen molar-refractivity contribution >= 4 is 5.91 Å². The van der Waals surface area contributed by atoms with Crippen LogP contribution in [0.25, 0.3) is 11.3 Å². The fourth-order valence-corrected chi connectivity index (χ4v) is 3.19. The third kappa shape index (κ3) is 2.52. The van der Waals surface area contributed by atoms with E-state index in [-0.39, 0.29) is 5.91 Å². The van der Waals surface area contributed by atoms with Crippen LogP contribution in [0.15, 0.2) is 54.9 Å². The molecule has 1 amide bonds. The summed E-state index contributed by atoms with van der Waals surface area (Å²) in [6, 6.07) is 14.2. The standard InChI is InChI=1S/C19H17N3O/c23-19-17-15(12-13-4-2-1-3-5-13)18(14-6-9-20-10-7-14)22-16(17)8-11-21-19/h1-7,9-10,22H,8,11-12H2,(H,21,23). The Morgan fingerprint density at radius 1 is 1.04 bits per heavy atom. The summed E-state index contributed by atoms with van der Waals surface area (Å²) in [4.78, 5) is 20.0. The Hall–Kier alpha value is -2.88. The zero-order valence-corrected chi connectivity index (χ0v) is 12.7. The minimum atomic E-state index is 0.0220. The minimum absolute atomic E-state index is 0.0220. The van der Waals surface area contributed by atoms with E-state index in [0.29, 0.717) is 6.54 Å². The Balaban J connectivity index is 1.87. The summed E-state index contributed by atoms with van der Waals surface area (Å²) in [5, 5.41) is 2.96. The number of aromatic amines is 1. The van der Waals surface area contributed by atoms with Crippen molar-refractivity contribution in [3.8, 4) is 11.3 Å². The number of rotatable bonds is 3. The molecule has 1 aliphatic rings. The fraction of sp³-hybridized carbons (Fsp3) is 0.158. The van der Waals surface area contributed by atoms with Gasteiger partial charge in [0, 0.05) is 43.0 Å². The summed E-state index contributed by atoms with van der Waals surface area (Å²) in [5.74, 6) is 0.0220. The average Bonchev–Trinajstić information content (AvgIpc) is 2.96. The lowest BCUT2D eigenvalue weighted by Crippen LogP contribution is -2.32. The molecule has 0 spiro atoms. The topological polar surface area (TPSA) is 57.8 Å². The molecular weight excluding hydrogens is 286 g/mol. The summed E-state index contributed by atoms with van der Waals surface area (Å²) in [5.41, 5.74) is 6.20. The highest BCUT2D eigenvalue weighted by Gasteiger charge is 2.26. The molecule has 114 valence electrons. The molecule has 1 aliphatic heterocycles. The van der Waals surface area contributed by atoms with Gasteiger partial charge in [-0.05, 0) is 23.3 Å². The summed E-state index contributed by atoms with van der Waals surface area (Å²) in [6.07, 6.45) is 5.13. The quantitative estimate of drug-likeness (QED) is 0.781. The van der Waals surface area contributed by atoms with E-state index in [1.807, 2.05) is 30.3 Å². The summed E-state index contributed by atoms with van der Waals surface area (Å²) in [6.45, 7) is 0.687. The largest absolute Gasteiger partial charge is 0.357 e. The van der Waals surface area contributed by atoms with E-state index < -0.39 is 0 Å². The lowest BCUT2D eigenvalue weighted by molar-refractivity contribution is 0.0945. The number of nitrogens with one attached hydrogen (secondary N) is 2. The second kappa shape index (κ2) is 5.72. The Bertz CT molecular complexity index is 838. The molecule has 23 heavy (non-hydrogen) atoms. The monoisotopic (exact) mass is 303 g/mol. The third-order valence-electron chi connectivity index (χ3n) is 4.26. The molecule has 4 rings (SSSR count). The highest BCUT2D eigenvalue weighted by atomic mass is 16.1. The van der Waals surface area contributed by atoms with Gasteiger partial charge in [0.25, 0.3) is 5.91 Å². The Kier molecular flexibility index (Phi) is 3.42. The maximum absolute atomic E-state index is 12.4. The van der Waals surface area contributed by atoms with E-state index in [0.717, 1.165) is 40.9 Å². The molecule has 1 aromatic carbocycles. The normalized spacial score (nSPS) is 13.5. The van der Waals surface area contributed by atoms with Gasteiger partial charge in [-0.2, -0.15) is 0 Å². The zero-order chi connectivity index (χ0) is 15.6. The molecule has 4 heteroatoms. The highest BCUT2D eigenvalue weighted by Crippen LogP contribution is 2.31. The molecule has 3 heterocycles. The molecule has 3 aromatic rings. The number of aromatic nitrogens is 2. The van der Waals surface area contributed by atoms with E-state index in [1.54, 1.807) is 12.4 Å². The lowest BCUT2D eigenvalue weighted by atomic mass is 9.95. The second-order valence-corrected chi connectivity index (χ2v) is 5.74. The van der Waals surface area contributed by atoms with Crippen LogP contribution in [0, 0.1) is 0 Å². The van der Waals surface area contributed by atoms with Crippen LogP contribution in [0.5, 0.6) is 0 Å². The lowest BCUT2D eigenvalue weighted by Gasteiger charge is -2.14. The van der Waals surface area contributed by atoms with E-state index in [2.05, 4.69) is 27.4 Å². The van der Waals surface area contributed by atoms with E-state index >= 15 is 0 Å². The summed E-state index contributed by atoms with van der Waals surface area (Å²) < 4.78 is 0. The maximum Gasteiger partial charge on any atom is 0.253 e. The number of H-pyrrole nitrogens is 1. The van der Waals surface area contributed by atoms with Crippen molar-refractivity contribution in [2.24, 2.45) is 0 Å². The summed E-state index contributed by atoms with van der Waals surface area (Å²) >= 11 is 0. The minimum Gasteiger partial charge on any atom is -0.357 e. The van der Waals surface area contributed by atoms with Gasteiger partial charge in [-0.15, -0.1) is 0 Å². The third-order valence-corrected chi connectivity index (χ3v) is 4.26. The number of amides is 1. The first-order valence-corrected chi connectivity index (χ1v) is 7.79. The predicted molar refractivity (Wildman–Crippen MR) is 89.3 cm³/mol. The number of carbonyl (C=O) groups excluding carboxylic acids is 1. The SMILES string of the molecule is O=C1NCCc2[nH]c(-c3ccncc3)c(Cc3ccccc3)c21. The number of hydrogen-bond acceptors (Lipinski definition) is 2. The number of pyridine rings is 1. The Morgan fingerprint density at radius 3 is 2.61 bits per heavy atom. The van der Waals surface area contributed by atoms with Gasteiger partial charge in [0.05, 0.1) is 11.3 Å². The van der Waals surface area contributed by atoms with Gasteiger partial charge in [-0.3, -0.25) is 9.78 Å². The van der Waals surface area contributed by atoms with E-state index in [1.165, 1.54) is 5.56 Å². The molecule has 2 N–H and O–H groups in total. The van der Waals surface area contributed by atoms with Crippen LogP contribution < -0.4 is 5.32 Å². The Morgan fingerprint density at radius 2 is 1.83 bits per heavy atom. The number of carbonyl (C=O) groups is 1. The average molecular weight is 303 g/mol. The molecule has 0 aliphatic carbocycles. The van der Waals surface area contributed by atoms with E-state index in [4.69, 9.17) is 0 Å². The van der Waals surface area contributed by atoms with E-state index in [9.17, 15) is 4.79 Å².